The molecule has 36 heavy (non-hydrogen) atoms. The van der Waals surface area contributed by atoms with E-state index in [4.69, 9.17) is 10.00 Å². The molecule has 0 amide bonds. The maximum absolute atomic E-state index is 15.2. The van der Waals surface area contributed by atoms with E-state index in [-0.39, 0.29) is 12.1 Å². The summed E-state index contributed by atoms with van der Waals surface area (Å²) in [6.07, 6.45) is 3.21. The van der Waals surface area contributed by atoms with Gasteiger partial charge in [-0.05, 0) is 23.8 Å². The molecule has 0 aliphatic rings. The molecule has 2 N–H and O–H groups in total. The van der Waals surface area contributed by atoms with Gasteiger partial charge in [-0.25, -0.2) is 23.4 Å². The normalized spacial score (nSPS) is 14.2. The van der Waals surface area contributed by atoms with Crippen molar-refractivity contribution in [2.75, 3.05) is 6.35 Å². The van der Waals surface area contributed by atoms with Crippen LogP contribution in [0, 0.1) is 23.0 Å². The zero-order valence-corrected chi connectivity index (χ0v) is 20.5. The van der Waals surface area contributed by atoms with Gasteiger partial charge in [-0.3, -0.25) is 4.57 Å². The highest BCUT2D eigenvalue weighted by Gasteiger charge is 2.45. The second-order valence-corrected chi connectivity index (χ2v) is 10.7. The van der Waals surface area contributed by atoms with Gasteiger partial charge in [0.05, 0.1) is 28.1 Å². The van der Waals surface area contributed by atoms with Crippen LogP contribution in [-0.2, 0) is 21.4 Å². The Morgan fingerprint density at radius 2 is 2.00 bits per heavy atom. The average Bonchev–Trinajstić information content (AvgIpc) is 3.53. The van der Waals surface area contributed by atoms with Crippen LogP contribution in [0.1, 0.15) is 29.0 Å². The van der Waals surface area contributed by atoms with Crippen molar-refractivity contribution in [2.45, 2.75) is 25.0 Å². The maximum atomic E-state index is 15.2. The van der Waals surface area contributed by atoms with E-state index in [0.29, 0.717) is 16.6 Å². The quantitative estimate of drug-likeness (QED) is 0.304. The first-order valence-corrected chi connectivity index (χ1v) is 13.2. The van der Waals surface area contributed by atoms with Crippen molar-refractivity contribution in [1.82, 2.24) is 19.7 Å². The van der Waals surface area contributed by atoms with E-state index in [2.05, 4.69) is 21.1 Å². The van der Waals surface area contributed by atoms with Gasteiger partial charge in [0.15, 0.2) is 0 Å². The molecule has 2 heterocycles. The maximum Gasteiger partial charge on any atom is 0.351 e. The van der Waals surface area contributed by atoms with Gasteiger partial charge in [-0.2, -0.15) is 10.4 Å². The standard InChI is InChI=1S/C23H20F2N5O4PS/c1-15(22-28-10-21(36-22)17-4-2-16(9-26)3-5-17)23(34-14-35(31,32)33,11-30-13-27-12-29-30)19-7-6-18(24)8-20(19)25/h2-8,10,12-13,15H,11,14H2,1H3,(H2,31,32,33)/t15-,23+/m0/s1. The topological polar surface area (TPSA) is 134 Å². The van der Waals surface area contributed by atoms with Crippen molar-refractivity contribution in [3.63, 3.8) is 0 Å². The van der Waals surface area contributed by atoms with E-state index in [1.54, 1.807) is 37.4 Å². The molecule has 2 aromatic carbocycles. The first-order valence-electron chi connectivity index (χ1n) is 10.5. The van der Waals surface area contributed by atoms with E-state index < -0.39 is 37.1 Å². The second kappa shape index (κ2) is 10.3. The van der Waals surface area contributed by atoms with Crippen molar-refractivity contribution < 1.29 is 27.9 Å². The number of hydrogen-bond acceptors (Lipinski definition) is 7. The Hall–Kier alpha value is -3.33. The van der Waals surface area contributed by atoms with Crippen LogP contribution in [0.3, 0.4) is 0 Å². The number of halogens is 2. The second-order valence-electron chi connectivity index (χ2n) is 8.02. The van der Waals surface area contributed by atoms with Crippen LogP contribution in [0.15, 0.2) is 61.3 Å². The van der Waals surface area contributed by atoms with Gasteiger partial charge >= 0.3 is 7.60 Å². The summed E-state index contributed by atoms with van der Waals surface area (Å²) in [5, 5.41) is 13.6. The highest BCUT2D eigenvalue weighted by atomic mass is 32.1. The lowest BCUT2D eigenvalue weighted by Crippen LogP contribution is -2.41. The lowest BCUT2D eigenvalue weighted by molar-refractivity contribution is -0.0689. The van der Waals surface area contributed by atoms with Gasteiger partial charge in [0.2, 0.25) is 0 Å². The van der Waals surface area contributed by atoms with E-state index in [0.717, 1.165) is 16.5 Å². The number of nitriles is 1. The van der Waals surface area contributed by atoms with Gasteiger partial charge in [-0.15, -0.1) is 11.3 Å². The molecular weight excluding hydrogens is 511 g/mol. The fourth-order valence-electron chi connectivity index (χ4n) is 3.82. The fourth-order valence-corrected chi connectivity index (χ4v) is 5.28. The minimum absolute atomic E-state index is 0.115. The molecule has 2 aromatic heterocycles. The summed E-state index contributed by atoms with van der Waals surface area (Å²) in [6.45, 7) is 1.49. The molecule has 0 saturated carbocycles. The first kappa shape index (κ1) is 25.8. The molecule has 0 fully saturated rings. The van der Waals surface area contributed by atoms with Crippen LogP contribution in [0.2, 0.25) is 0 Å². The predicted molar refractivity (Wildman–Crippen MR) is 127 cm³/mol. The van der Waals surface area contributed by atoms with Crippen LogP contribution in [0.5, 0.6) is 0 Å². The molecule has 0 radical (unpaired) electrons. The van der Waals surface area contributed by atoms with Crippen molar-refractivity contribution >= 4 is 18.9 Å². The molecule has 0 unspecified atom stereocenters. The van der Waals surface area contributed by atoms with E-state index in [1.165, 1.54) is 34.7 Å². The lowest BCUT2D eigenvalue weighted by atomic mass is 9.81. The molecule has 0 aliphatic heterocycles. The Morgan fingerprint density at radius 3 is 2.61 bits per heavy atom. The summed E-state index contributed by atoms with van der Waals surface area (Å²) in [6, 6.07) is 11.9. The number of hydrogen-bond donors (Lipinski definition) is 2. The van der Waals surface area contributed by atoms with Gasteiger partial charge < -0.3 is 14.5 Å². The summed E-state index contributed by atoms with van der Waals surface area (Å²) in [4.78, 5) is 28.3. The Balaban J connectivity index is 1.83. The molecule has 2 atom stereocenters. The zero-order valence-electron chi connectivity index (χ0n) is 18.8. The minimum atomic E-state index is -4.69. The SMILES string of the molecule is C[C@@H](c1ncc(-c2ccc(C#N)cc2)s1)[C@@](Cn1cncn1)(OCP(=O)(O)O)c1ccc(F)cc1F. The molecule has 0 spiro atoms. The number of benzene rings is 2. The third-order valence-corrected chi connectivity index (χ3v) is 7.33. The molecule has 0 bridgehead atoms. The van der Waals surface area contributed by atoms with Crippen LogP contribution in [-0.4, -0.2) is 35.9 Å². The van der Waals surface area contributed by atoms with Crippen LogP contribution in [0.25, 0.3) is 10.4 Å². The third kappa shape index (κ3) is 5.56. The summed E-state index contributed by atoms with van der Waals surface area (Å²) in [5.74, 6) is -2.53. The Morgan fingerprint density at radius 1 is 1.25 bits per heavy atom. The molecule has 9 nitrogen and oxygen atoms in total. The fraction of sp³-hybridized carbons (Fsp3) is 0.217. The number of ether oxygens (including phenoxy) is 1. The molecule has 4 aromatic rings. The lowest BCUT2D eigenvalue weighted by Gasteiger charge is -2.38. The number of aromatic nitrogens is 4. The average molecular weight is 531 g/mol. The minimum Gasteiger partial charge on any atom is -0.355 e. The summed E-state index contributed by atoms with van der Waals surface area (Å²) in [5.41, 5.74) is -0.556. The molecule has 186 valence electrons. The monoisotopic (exact) mass is 531 g/mol. The Bertz CT molecular complexity index is 1440. The van der Waals surface area contributed by atoms with Crippen LogP contribution in [0.4, 0.5) is 8.78 Å². The number of rotatable bonds is 9. The van der Waals surface area contributed by atoms with E-state index in [9.17, 15) is 18.7 Å². The number of nitrogens with zero attached hydrogens (tertiary/aromatic N) is 5. The van der Waals surface area contributed by atoms with Gasteiger partial charge in [0.1, 0.15) is 36.2 Å². The molecule has 4 rings (SSSR count). The van der Waals surface area contributed by atoms with Gasteiger partial charge in [0, 0.05) is 23.7 Å². The molecule has 13 heteroatoms. The van der Waals surface area contributed by atoms with E-state index >= 15 is 4.39 Å². The molecule has 0 saturated heterocycles. The third-order valence-electron chi connectivity index (χ3n) is 5.63. The zero-order chi connectivity index (χ0) is 25.9. The molecular formula is C23H20F2N5O4PS. The van der Waals surface area contributed by atoms with Crippen molar-refractivity contribution in [2.24, 2.45) is 0 Å². The summed E-state index contributed by atoms with van der Waals surface area (Å²) < 4.78 is 48.0. The van der Waals surface area contributed by atoms with Crippen LogP contribution >= 0.6 is 18.9 Å². The first-order chi connectivity index (χ1) is 17.1. The predicted octanol–water partition coefficient (Wildman–Crippen LogP) is 4.40. The summed E-state index contributed by atoms with van der Waals surface area (Å²) >= 11 is 1.27. The Labute approximate surface area is 208 Å². The smallest absolute Gasteiger partial charge is 0.351 e. The van der Waals surface area contributed by atoms with Crippen molar-refractivity contribution in [3.8, 4) is 16.5 Å². The largest absolute Gasteiger partial charge is 0.355 e. The van der Waals surface area contributed by atoms with Crippen molar-refractivity contribution in [3.05, 3.63) is 89.1 Å². The summed E-state index contributed by atoms with van der Waals surface area (Å²) in [7, 11) is -4.69. The van der Waals surface area contributed by atoms with Gasteiger partial charge in [0.25, 0.3) is 0 Å². The van der Waals surface area contributed by atoms with Gasteiger partial charge in [-0.1, -0.05) is 25.1 Å². The van der Waals surface area contributed by atoms with E-state index in [1.807, 2.05) is 0 Å². The number of thiazole rings is 1. The van der Waals surface area contributed by atoms with Crippen molar-refractivity contribution in [1.29, 1.82) is 5.26 Å². The molecule has 0 aliphatic carbocycles. The highest BCUT2D eigenvalue weighted by Crippen LogP contribution is 2.48. The highest BCUT2D eigenvalue weighted by molar-refractivity contribution is 7.51. The van der Waals surface area contributed by atoms with Crippen LogP contribution < -0.4 is 0 Å². The Kier molecular flexibility index (Phi) is 7.40.